The average Bonchev–Trinajstić information content (AvgIpc) is 2.90. The second-order valence-corrected chi connectivity index (χ2v) is 6.95. The summed E-state index contributed by atoms with van der Waals surface area (Å²) in [5.41, 5.74) is 9.66. The summed E-state index contributed by atoms with van der Waals surface area (Å²) < 4.78 is 0. The van der Waals surface area contributed by atoms with Crippen LogP contribution >= 0.6 is 12.4 Å². The van der Waals surface area contributed by atoms with Gasteiger partial charge in [0.15, 0.2) is 0 Å². The summed E-state index contributed by atoms with van der Waals surface area (Å²) in [7, 11) is 0. The van der Waals surface area contributed by atoms with E-state index in [1.807, 2.05) is 0 Å². The highest BCUT2D eigenvalue weighted by Crippen LogP contribution is 2.32. The molecule has 0 aliphatic carbocycles. The zero-order chi connectivity index (χ0) is 16.0. The highest BCUT2D eigenvalue weighted by atomic mass is 35.5. The van der Waals surface area contributed by atoms with Gasteiger partial charge < -0.3 is 10.3 Å². The van der Waals surface area contributed by atoms with Gasteiger partial charge in [0.05, 0.1) is 6.04 Å². The van der Waals surface area contributed by atoms with E-state index in [1.54, 1.807) is 0 Å². The first-order chi connectivity index (χ1) is 11.1. The molecule has 1 atom stereocenters. The van der Waals surface area contributed by atoms with Gasteiger partial charge in [0.25, 0.3) is 0 Å². The lowest BCUT2D eigenvalue weighted by Gasteiger charge is -2.24. The molecule has 0 radical (unpaired) electrons. The number of hydrogen-bond donors (Lipinski definition) is 2. The Bertz CT molecular complexity index is 879. The lowest BCUT2D eigenvalue weighted by atomic mass is 9.93. The number of aromatic amines is 1. The first-order valence-corrected chi connectivity index (χ1v) is 8.52. The van der Waals surface area contributed by atoms with Crippen LogP contribution in [-0.4, -0.2) is 11.5 Å². The molecule has 0 amide bonds. The second-order valence-electron chi connectivity index (χ2n) is 6.95. The molecule has 3 aromatic rings. The minimum atomic E-state index is 0. The third kappa shape index (κ3) is 2.97. The molecule has 1 aromatic heterocycles. The number of hydrogen-bond acceptors (Lipinski definition) is 1. The summed E-state index contributed by atoms with van der Waals surface area (Å²) >= 11 is 0. The van der Waals surface area contributed by atoms with Crippen LogP contribution in [0.2, 0.25) is 0 Å². The SMILES string of the molecule is Cc1ccc2[nH]c3c(c2c1)CCN[C@H]3Cc1ccc(C)c(C)c1.Cl. The zero-order valence-corrected chi connectivity index (χ0v) is 15.4. The molecule has 2 aromatic carbocycles. The monoisotopic (exact) mass is 340 g/mol. The number of H-pyrrole nitrogens is 1. The van der Waals surface area contributed by atoms with Crippen LogP contribution in [0.4, 0.5) is 0 Å². The van der Waals surface area contributed by atoms with Crippen molar-refractivity contribution < 1.29 is 0 Å². The average molecular weight is 341 g/mol. The van der Waals surface area contributed by atoms with E-state index in [0.29, 0.717) is 6.04 Å². The van der Waals surface area contributed by atoms with E-state index in [9.17, 15) is 0 Å². The Balaban J connectivity index is 0.00000169. The molecule has 1 aliphatic heterocycles. The Morgan fingerprint density at radius 2 is 1.83 bits per heavy atom. The van der Waals surface area contributed by atoms with Gasteiger partial charge >= 0.3 is 0 Å². The third-order valence-electron chi connectivity index (χ3n) is 5.22. The van der Waals surface area contributed by atoms with Crippen molar-refractivity contribution in [2.75, 3.05) is 6.54 Å². The Morgan fingerprint density at radius 1 is 1.00 bits per heavy atom. The van der Waals surface area contributed by atoms with E-state index in [4.69, 9.17) is 0 Å². The summed E-state index contributed by atoms with van der Waals surface area (Å²) in [4.78, 5) is 3.68. The Kier molecular flexibility index (Phi) is 4.71. The molecule has 0 fully saturated rings. The Morgan fingerprint density at radius 3 is 2.62 bits per heavy atom. The van der Waals surface area contributed by atoms with Crippen molar-refractivity contribution in [2.45, 2.75) is 39.7 Å². The molecule has 0 saturated carbocycles. The highest BCUT2D eigenvalue weighted by molar-refractivity contribution is 5.86. The van der Waals surface area contributed by atoms with Crippen LogP contribution < -0.4 is 5.32 Å². The Labute approximate surface area is 150 Å². The molecule has 126 valence electrons. The van der Waals surface area contributed by atoms with Gasteiger partial charge in [-0.15, -0.1) is 12.4 Å². The predicted molar refractivity (Wildman–Crippen MR) is 104 cm³/mol. The molecule has 1 aliphatic rings. The summed E-state index contributed by atoms with van der Waals surface area (Å²) in [6.07, 6.45) is 2.15. The number of halogens is 1. The smallest absolute Gasteiger partial charge is 0.0517 e. The topological polar surface area (TPSA) is 27.8 Å². The highest BCUT2D eigenvalue weighted by Gasteiger charge is 2.24. The third-order valence-corrected chi connectivity index (χ3v) is 5.22. The molecule has 2 heterocycles. The van der Waals surface area contributed by atoms with Gasteiger partial charge in [-0.1, -0.05) is 29.8 Å². The molecule has 2 nitrogen and oxygen atoms in total. The van der Waals surface area contributed by atoms with Gasteiger partial charge in [-0.25, -0.2) is 0 Å². The van der Waals surface area contributed by atoms with Crippen LogP contribution in [0.1, 0.15) is 39.6 Å². The summed E-state index contributed by atoms with van der Waals surface area (Å²) in [5.74, 6) is 0. The van der Waals surface area contributed by atoms with Crippen molar-refractivity contribution in [3.05, 3.63) is 69.9 Å². The van der Waals surface area contributed by atoms with Crippen molar-refractivity contribution in [1.29, 1.82) is 0 Å². The second kappa shape index (κ2) is 6.62. The minimum Gasteiger partial charge on any atom is -0.357 e. The van der Waals surface area contributed by atoms with Gasteiger partial charge in [-0.2, -0.15) is 0 Å². The number of aryl methyl sites for hydroxylation is 3. The molecular formula is C21H25ClN2. The molecule has 24 heavy (non-hydrogen) atoms. The maximum absolute atomic E-state index is 3.70. The minimum absolute atomic E-state index is 0. The number of benzene rings is 2. The quantitative estimate of drug-likeness (QED) is 0.679. The van der Waals surface area contributed by atoms with E-state index in [2.05, 4.69) is 67.5 Å². The molecule has 3 heteroatoms. The van der Waals surface area contributed by atoms with Gasteiger partial charge in [0.1, 0.15) is 0 Å². The predicted octanol–water partition coefficient (Wildman–Crippen LogP) is 4.94. The van der Waals surface area contributed by atoms with Gasteiger partial charge in [0.2, 0.25) is 0 Å². The van der Waals surface area contributed by atoms with Gasteiger partial charge in [-0.3, -0.25) is 0 Å². The Hall–Kier alpha value is -1.77. The molecule has 0 spiro atoms. The summed E-state index contributed by atoms with van der Waals surface area (Å²) in [6, 6.07) is 14.0. The van der Waals surface area contributed by atoms with Gasteiger partial charge in [0, 0.05) is 16.6 Å². The van der Waals surface area contributed by atoms with E-state index in [-0.39, 0.29) is 12.4 Å². The van der Waals surface area contributed by atoms with Crippen LogP contribution in [0.15, 0.2) is 36.4 Å². The van der Waals surface area contributed by atoms with Crippen molar-refractivity contribution in [1.82, 2.24) is 10.3 Å². The fourth-order valence-electron chi connectivity index (χ4n) is 3.76. The molecule has 0 unspecified atom stereocenters. The molecular weight excluding hydrogens is 316 g/mol. The van der Waals surface area contributed by atoms with E-state index >= 15 is 0 Å². The first kappa shape index (κ1) is 17.1. The van der Waals surface area contributed by atoms with Crippen molar-refractivity contribution in [2.24, 2.45) is 0 Å². The molecule has 4 rings (SSSR count). The fraction of sp³-hybridized carbons (Fsp3) is 0.333. The maximum Gasteiger partial charge on any atom is 0.0517 e. The fourth-order valence-corrected chi connectivity index (χ4v) is 3.76. The lowest BCUT2D eigenvalue weighted by Crippen LogP contribution is -2.31. The largest absolute Gasteiger partial charge is 0.357 e. The normalized spacial score (nSPS) is 16.7. The summed E-state index contributed by atoms with van der Waals surface area (Å²) in [6.45, 7) is 7.61. The molecule has 2 N–H and O–H groups in total. The van der Waals surface area contributed by atoms with Crippen molar-refractivity contribution in [3.63, 3.8) is 0 Å². The summed E-state index contributed by atoms with van der Waals surface area (Å²) in [5, 5.41) is 5.11. The lowest BCUT2D eigenvalue weighted by molar-refractivity contribution is 0.495. The standard InChI is InChI=1S/C21H24N2.ClH/c1-13-4-7-19-18(10-13)17-8-9-22-20(21(17)23-19)12-16-6-5-14(2)15(3)11-16;/h4-7,10-11,20,22-23H,8-9,12H2,1-3H3;1H/t20-;/m0./s1. The number of rotatable bonds is 2. The maximum atomic E-state index is 3.70. The van der Waals surface area contributed by atoms with Gasteiger partial charge in [-0.05, 0) is 74.5 Å². The van der Waals surface area contributed by atoms with Crippen LogP contribution in [0, 0.1) is 20.8 Å². The van der Waals surface area contributed by atoms with E-state index < -0.39 is 0 Å². The van der Waals surface area contributed by atoms with Crippen LogP contribution in [0.25, 0.3) is 10.9 Å². The zero-order valence-electron chi connectivity index (χ0n) is 14.6. The van der Waals surface area contributed by atoms with Crippen LogP contribution in [0.5, 0.6) is 0 Å². The first-order valence-electron chi connectivity index (χ1n) is 8.52. The number of nitrogens with one attached hydrogen (secondary N) is 2. The molecule has 0 saturated heterocycles. The van der Waals surface area contributed by atoms with Crippen molar-refractivity contribution >= 4 is 23.3 Å². The van der Waals surface area contributed by atoms with Crippen molar-refractivity contribution in [3.8, 4) is 0 Å². The van der Waals surface area contributed by atoms with E-state index in [1.165, 1.54) is 44.4 Å². The number of fused-ring (bicyclic) bond motifs is 3. The van der Waals surface area contributed by atoms with E-state index in [0.717, 1.165) is 19.4 Å². The van der Waals surface area contributed by atoms with Crippen LogP contribution in [-0.2, 0) is 12.8 Å². The number of aromatic nitrogens is 1. The van der Waals surface area contributed by atoms with Crippen LogP contribution in [0.3, 0.4) is 0 Å². The molecule has 0 bridgehead atoms.